The van der Waals surface area contributed by atoms with E-state index in [9.17, 15) is 9.59 Å². The first-order chi connectivity index (χ1) is 10.6. The molecule has 5 nitrogen and oxygen atoms in total. The van der Waals surface area contributed by atoms with Gasteiger partial charge in [-0.2, -0.15) is 11.8 Å². The summed E-state index contributed by atoms with van der Waals surface area (Å²) in [5.41, 5.74) is 1.65. The standard InChI is InChI=1S/C16H23N3O2S/c1-17-16(21)13-5-3-12(4-6-13)10-19(2)15(20)9-14-11-22-8-7-18-14/h3-6,14,18H,7-11H2,1-2H3,(H,17,21). The molecule has 1 aliphatic rings. The molecule has 0 radical (unpaired) electrons. The van der Waals surface area contributed by atoms with Crippen molar-refractivity contribution in [2.24, 2.45) is 0 Å². The molecule has 6 heteroatoms. The molecule has 2 N–H and O–H groups in total. The third-order valence-corrected chi connectivity index (χ3v) is 4.84. The number of amides is 2. The second kappa shape index (κ2) is 8.19. The maximum absolute atomic E-state index is 12.2. The largest absolute Gasteiger partial charge is 0.355 e. The molecule has 1 fully saturated rings. The number of carbonyl (C=O) groups is 2. The van der Waals surface area contributed by atoms with E-state index in [2.05, 4.69) is 10.6 Å². The predicted molar refractivity (Wildman–Crippen MR) is 90.0 cm³/mol. The second-order valence-corrected chi connectivity index (χ2v) is 6.61. The molecule has 2 rings (SSSR count). The molecule has 120 valence electrons. The van der Waals surface area contributed by atoms with Gasteiger partial charge in [-0.15, -0.1) is 0 Å². The van der Waals surface area contributed by atoms with Gasteiger partial charge in [-0.3, -0.25) is 9.59 Å². The van der Waals surface area contributed by atoms with Crippen LogP contribution >= 0.6 is 11.8 Å². The van der Waals surface area contributed by atoms with Crippen LogP contribution in [0.25, 0.3) is 0 Å². The minimum absolute atomic E-state index is 0.100. The van der Waals surface area contributed by atoms with E-state index in [1.807, 2.05) is 30.9 Å². The van der Waals surface area contributed by atoms with Crippen LogP contribution in [0.2, 0.25) is 0 Å². The van der Waals surface area contributed by atoms with E-state index >= 15 is 0 Å². The Morgan fingerprint density at radius 2 is 2.09 bits per heavy atom. The van der Waals surface area contributed by atoms with E-state index in [4.69, 9.17) is 0 Å². The highest BCUT2D eigenvalue weighted by molar-refractivity contribution is 7.99. The minimum atomic E-state index is -0.100. The van der Waals surface area contributed by atoms with E-state index < -0.39 is 0 Å². The van der Waals surface area contributed by atoms with Gasteiger partial charge in [-0.1, -0.05) is 12.1 Å². The number of rotatable bonds is 5. The maximum atomic E-state index is 12.2. The zero-order valence-corrected chi connectivity index (χ0v) is 13.9. The van der Waals surface area contributed by atoms with Gasteiger partial charge < -0.3 is 15.5 Å². The van der Waals surface area contributed by atoms with Crippen LogP contribution in [0.1, 0.15) is 22.3 Å². The molecule has 0 aliphatic carbocycles. The lowest BCUT2D eigenvalue weighted by molar-refractivity contribution is -0.130. The van der Waals surface area contributed by atoms with Crippen LogP contribution in [0.4, 0.5) is 0 Å². The van der Waals surface area contributed by atoms with Crippen molar-refractivity contribution in [3.8, 4) is 0 Å². The van der Waals surface area contributed by atoms with Gasteiger partial charge in [0.1, 0.15) is 0 Å². The van der Waals surface area contributed by atoms with Crippen molar-refractivity contribution in [1.29, 1.82) is 0 Å². The SMILES string of the molecule is CNC(=O)c1ccc(CN(C)C(=O)CC2CSCCN2)cc1. The molecule has 1 atom stereocenters. The molecule has 1 saturated heterocycles. The fourth-order valence-electron chi connectivity index (χ4n) is 2.39. The van der Waals surface area contributed by atoms with E-state index in [0.717, 1.165) is 23.6 Å². The van der Waals surface area contributed by atoms with E-state index in [-0.39, 0.29) is 17.9 Å². The topological polar surface area (TPSA) is 61.4 Å². The fraction of sp³-hybridized carbons (Fsp3) is 0.500. The maximum Gasteiger partial charge on any atom is 0.251 e. The summed E-state index contributed by atoms with van der Waals surface area (Å²) in [5.74, 6) is 2.17. The second-order valence-electron chi connectivity index (χ2n) is 5.46. The van der Waals surface area contributed by atoms with Crippen LogP contribution in [0.3, 0.4) is 0 Å². The zero-order valence-electron chi connectivity index (χ0n) is 13.1. The van der Waals surface area contributed by atoms with Crippen LogP contribution in [0.15, 0.2) is 24.3 Å². The summed E-state index contributed by atoms with van der Waals surface area (Å²) >= 11 is 1.90. The van der Waals surface area contributed by atoms with Gasteiger partial charge in [0.2, 0.25) is 5.91 Å². The average Bonchev–Trinajstić information content (AvgIpc) is 2.55. The van der Waals surface area contributed by atoms with Gasteiger partial charge in [-0.25, -0.2) is 0 Å². The van der Waals surface area contributed by atoms with Gasteiger partial charge in [0.25, 0.3) is 5.91 Å². The average molecular weight is 321 g/mol. The van der Waals surface area contributed by atoms with Crippen molar-refractivity contribution in [3.05, 3.63) is 35.4 Å². The molecular formula is C16H23N3O2S. The quantitative estimate of drug-likeness (QED) is 0.852. The molecule has 1 aromatic carbocycles. The number of thioether (sulfide) groups is 1. The number of nitrogens with zero attached hydrogens (tertiary/aromatic N) is 1. The molecule has 22 heavy (non-hydrogen) atoms. The lowest BCUT2D eigenvalue weighted by Crippen LogP contribution is -2.41. The highest BCUT2D eigenvalue weighted by atomic mass is 32.2. The highest BCUT2D eigenvalue weighted by Gasteiger charge is 2.19. The van der Waals surface area contributed by atoms with E-state index in [1.54, 1.807) is 24.1 Å². The van der Waals surface area contributed by atoms with Crippen molar-refractivity contribution in [2.45, 2.75) is 19.0 Å². The van der Waals surface area contributed by atoms with Gasteiger partial charge in [0.05, 0.1) is 0 Å². The molecule has 1 aromatic rings. The number of nitrogens with one attached hydrogen (secondary N) is 2. The number of hydrogen-bond acceptors (Lipinski definition) is 4. The van der Waals surface area contributed by atoms with Crippen molar-refractivity contribution in [2.75, 3.05) is 32.1 Å². The molecule has 1 unspecified atom stereocenters. The van der Waals surface area contributed by atoms with Crippen molar-refractivity contribution < 1.29 is 9.59 Å². The van der Waals surface area contributed by atoms with Crippen LogP contribution < -0.4 is 10.6 Å². The molecule has 2 amide bonds. The van der Waals surface area contributed by atoms with Crippen molar-refractivity contribution in [3.63, 3.8) is 0 Å². The summed E-state index contributed by atoms with van der Waals surface area (Å²) in [6, 6.07) is 7.63. The number of benzene rings is 1. The molecular weight excluding hydrogens is 298 g/mol. The Balaban J connectivity index is 1.86. The lowest BCUT2D eigenvalue weighted by atomic mass is 10.1. The first-order valence-corrected chi connectivity index (χ1v) is 8.61. The van der Waals surface area contributed by atoms with Crippen molar-refractivity contribution >= 4 is 23.6 Å². The number of hydrogen-bond donors (Lipinski definition) is 2. The van der Waals surface area contributed by atoms with Crippen LogP contribution in [0, 0.1) is 0 Å². The molecule has 1 aliphatic heterocycles. The van der Waals surface area contributed by atoms with Crippen molar-refractivity contribution in [1.82, 2.24) is 15.5 Å². The molecule has 0 saturated carbocycles. The lowest BCUT2D eigenvalue weighted by Gasteiger charge is -2.25. The van der Waals surface area contributed by atoms with E-state index in [0.29, 0.717) is 18.5 Å². The molecule has 0 aromatic heterocycles. The normalized spacial score (nSPS) is 17.8. The molecule has 0 bridgehead atoms. The smallest absolute Gasteiger partial charge is 0.251 e. The summed E-state index contributed by atoms with van der Waals surface area (Å²) in [7, 11) is 3.44. The molecule has 0 spiro atoms. The summed E-state index contributed by atoms with van der Waals surface area (Å²) in [4.78, 5) is 25.5. The minimum Gasteiger partial charge on any atom is -0.355 e. The first-order valence-electron chi connectivity index (χ1n) is 7.46. The fourth-order valence-corrected chi connectivity index (χ4v) is 3.33. The predicted octanol–water partition coefficient (Wildman–Crippen LogP) is 1.10. The summed E-state index contributed by atoms with van der Waals surface area (Å²) in [6.45, 7) is 1.54. The molecule has 1 heterocycles. The van der Waals surface area contributed by atoms with Gasteiger partial charge >= 0.3 is 0 Å². The van der Waals surface area contributed by atoms with Crippen LogP contribution in [-0.2, 0) is 11.3 Å². The van der Waals surface area contributed by atoms with Crippen LogP contribution in [0.5, 0.6) is 0 Å². The Kier molecular flexibility index (Phi) is 6.27. The Bertz CT molecular complexity index is 513. The Labute approximate surface area is 135 Å². The summed E-state index contributed by atoms with van der Waals surface area (Å²) in [5, 5.41) is 5.98. The van der Waals surface area contributed by atoms with Gasteiger partial charge in [0, 0.05) is 56.7 Å². The monoisotopic (exact) mass is 321 g/mol. The third kappa shape index (κ3) is 4.74. The number of carbonyl (C=O) groups excluding carboxylic acids is 2. The summed E-state index contributed by atoms with van der Waals surface area (Å²) in [6.07, 6.45) is 0.541. The summed E-state index contributed by atoms with van der Waals surface area (Å²) < 4.78 is 0. The zero-order chi connectivity index (χ0) is 15.9. The Morgan fingerprint density at radius 1 is 1.36 bits per heavy atom. The Hall–Kier alpha value is -1.53. The van der Waals surface area contributed by atoms with Crippen LogP contribution in [-0.4, -0.2) is 54.9 Å². The van der Waals surface area contributed by atoms with E-state index in [1.165, 1.54) is 0 Å². The highest BCUT2D eigenvalue weighted by Crippen LogP contribution is 2.13. The third-order valence-electron chi connectivity index (χ3n) is 3.71. The van der Waals surface area contributed by atoms with Gasteiger partial charge in [0.15, 0.2) is 0 Å². The Morgan fingerprint density at radius 3 is 2.68 bits per heavy atom. The van der Waals surface area contributed by atoms with Gasteiger partial charge in [-0.05, 0) is 17.7 Å². The first kappa shape index (κ1) is 16.8.